The van der Waals surface area contributed by atoms with E-state index in [4.69, 9.17) is 4.42 Å². The van der Waals surface area contributed by atoms with Gasteiger partial charge in [-0.2, -0.15) is 0 Å². The molecule has 1 fully saturated rings. The number of carbonyl (C=O) groups excluding carboxylic acids is 1. The molecule has 1 aromatic heterocycles. The number of alkyl halides is 2. The van der Waals surface area contributed by atoms with Gasteiger partial charge in [-0.05, 0) is 12.1 Å². The lowest BCUT2D eigenvalue weighted by molar-refractivity contribution is -0.123. The summed E-state index contributed by atoms with van der Waals surface area (Å²) < 4.78 is 31.6. The Bertz CT molecular complexity index is 627. The number of hydrogen-bond donors (Lipinski definition) is 2. The molecule has 0 bridgehead atoms. The van der Waals surface area contributed by atoms with Gasteiger partial charge in [0.2, 0.25) is 5.91 Å². The van der Waals surface area contributed by atoms with E-state index in [9.17, 15) is 13.6 Å². The highest BCUT2D eigenvalue weighted by atomic mass is 35.5. The fourth-order valence-electron chi connectivity index (χ4n) is 2.49. The largest absolute Gasteiger partial charge is 0.461 e. The molecule has 1 atom stereocenters. The van der Waals surface area contributed by atoms with Gasteiger partial charge in [0, 0.05) is 24.8 Å². The highest BCUT2D eigenvalue weighted by Crippen LogP contribution is 2.25. The van der Waals surface area contributed by atoms with Crippen LogP contribution >= 0.6 is 12.4 Å². The monoisotopic (exact) mass is 330 g/mol. The number of fused-ring (bicyclic) bond motifs is 1. The van der Waals surface area contributed by atoms with E-state index in [2.05, 4.69) is 10.6 Å². The number of hydrogen-bond acceptors (Lipinski definition) is 3. The third-order valence-electron chi connectivity index (χ3n) is 3.57. The van der Waals surface area contributed by atoms with Crippen molar-refractivity contribution in [2.75, 3.05) is 13.1 Å². The molecule has 3 rings (SSSR count). The lowest BCUT2D eigenvalue weighted by atomic mass is 10.2. The van der Waals surface area contributed by atoms with Gasteiger partial charge in [-0.25, -0.2) is 8.78 Å². The molecule has 120 valence electrons. The average molecular weight is 331 g/mol. The van der Waals surface area contributed by atoms with Crippen LogP contribution < -0.4 is 10.6 Å². The van der Waals surface area contributed by atoms with Crippen LogP contribution in [0, 0.1) is 0 Å². The van der Waals surface area contributed by atoms with Crippen molar-refractivity contribution in [2.24, 2.45) is 0 Å². The normalized spacial score (nSPS) is 19.8. The number of halogens is 3. The molecule has 4 nitrogen and oxygen atoms in total. The second-order valence-electron chi connectivity index (χ2n) is 5.29. The predicted molar refractivity (Wildman–Crippen MR) is 81.5 cm³/mol. The molecular weight excluding hydrogens is 314 g/mol. The standard InChI is InChI=1S/C15H16F2N2O2.ClH/c16-15(17)8-12(19-9-15)14(20)18-6-5-11-7-10-3-1-2-4-13(10)21-11;/h1-4,7,12,19H,5-6,8-9H2,(H,18,20);1H. The van der Waals surface area contributed by atoms with Crippen molar-refractivity contribution in [1.82, 2.24) is 10.6 Å². The van der Waals surface area contributed by atoms with E-state index in [1.54, 1.807) is 0 Å². The molecule has 0 radical (unpaired) electrons. The molecular formula is C15H17ClF2N2O2. The van der Waals surface area contributed by atoms with Crippen molar-refractivity contribution >= 4 is 29.3 Å². The Balaban J connectivity index is 0.00000176. The van der Waals surface area contributed by atoms with Gasteiger partial charge in [-0.1, -0.05) is 18.2 Å². The van der Waals surface area contributed by atoms with Gasteiger partial charge in [0.1, 0.15) is 11.3 Å². The molecule has 2 heterocycles. The minimum absolute atomic E-state index is 0. The van der Waals surface area contributed by atoms with E-state index in [-0.39, 0.29) is 18.3 Å². The number of para-hydroxylation sites is 1. The van der Waals surface area contributed by atoms with E-state index in [0.717, 1.165) is 16.7 Å². The molecule has 2 aromatic rings. The zero-order valence-corrected chi connectivity index (χ0v) is 12.6. The molecule has 0 saturated carbocycles. The number of amides is 1. The minimum atomic E-state index is -2.79. The van der Waals surface area contributed by atoms with Gasteiger partial charge in [-0.3, -0.25) is 10.1 Å². The Morgan fingerprint density at radius 2 is 2.18 bits per heavy atom. The lowest BCUT2D eigenvalue weighted by Crippen LogP contribution is -2.41. The Labute approximate surface area is 132 Å². The third kappa shape index (κ3) is 3.75. The quantitative estimate of drug-likeness (QED) is 0.905. The average Bonchev–Trinajstić information content (AvgIpc) is 3.01. The summed E-state index contributed by atoms with van der Waals surface area (Å²) in [5, 5.41) is 6.20. The third-order valence-corrected chi connectivity index (χ3v) is 3.57. The van der Waals surface area contributed by atoms with E-state index >= 15 is 0 Å². The Kier molecular flexibility index (Phi) is 5.03. The number of furan rings is 1. The fraction of sp³-hybridized carbons (Fsp3) is 0.400. The SMILES string of the molecule is Cl.O=C(NCCc1cc2ccccc2o1)C1CC(F)(F)CN1. The van der Waals surface area contributed by atoms with E-state index < -0.39 is 24.9 Å². The van der Waals surface area contributed by atoms with Crippen molar-refractivity contribution in [3.05, 3.63) is 36.1 Å². The molecule has 2 N–H and O–H groups in total. The smallest absolute Gasteiger partial charge is 0.262 e. The lowest BCUT2D eigenvalue weighted by Gasteiger charge is -2.10. The Morgan fingerprint density at radius 3 is 2.86 bits per heavy atom. The summed E-state index contributed by atoms with van der Waals surface area (Å²) in [6, 6.07) is 8.76. The van der Waals surface area contributed by atoms with Crippen molar-refractivity contribution < 1.29 is 18.0 Å². The van der Waals surface area contributed by atoms with Crippen molar-refractivity contribution in [3.8, 4) is 0 Å². The number of rotatable bonds is 4. The first-order valence-corrected chi connectivity index (χ1v) is 6.90. The van der Waals surface area contributed by atoms with Crippen LogP contribution in [0.2, 0.25) is 0 Å². The molecule has 1 amide bonds. The van der Waals surface area contributed by atoms with Gasteiger partial charge in [0.15, 0.2) is 0 Å². The van der Waals surface area contributed by atoms with Crippen LogP contribution in [0.5, 0.6) is 0 Å². The van der Waals surface area contributed by atoms with Crippen LogP contribution in [0.3, 0.4) is 0 Å². The molecule has 1 aliphatic heterocycles. The number of carbonyl (C=O) groups is 1. The first-order valence-electron chi connectivity index (χ1n) is 6.90. The summed E-state index contributed by atoms with van der Waals surface area (Å²) >= 11 is 0. The molecule has 1 saturated heterocycles. The maximum absolute atomic E-state index is 13.0. The first kappa shape index (κ1) is 16.7. The number of nitrogens with one attached hydrogen (secondary N) is 2. The van der Waals surface area contributed by atoms with Crippen LogP contribution in [0.15, 0.2) is 34.7 Å². The summed E-state index contributed by atoms with van der Waals surface area (Å²) in [7, 11) is 0. The zero-order chi connectivity index (χ0) is 14.9. The first-order chi connectivity index (χ1) is 10.0. The maximum Gasteiger partial charge on any atom is 0.262 e. The Hall–Kier alpha value is -1.66. The van der Waals surface area contributed by atoms with Crippen molar-refractivity contribution in [2.45, 2.75) is 24.8 Å². The summed E-state index contributed by atoms with van der Waals surface area (Å²) in [5.74, 6) is -2.41. The van der Waals surface area contributed by atoms with Gasteiger partial charge in [0.25, 0.3) is 5.92 Å². The van der Waals surface area contributed by atoms with Gasteiger partial charge < -0.3 is 9.73 Å². The van der Waals surface area contributed by atoms with E-state index in [1.807, 2.05) is 30.3 Å². The molecule has 1 aliphatic rings. The molecule has 7 heteroatoms. The van der Waals surface area contributed by atoms with Gasteiger partial charge in [0.05, 0.1) is 12.6 Å². The predicted octanol–water partition coefficient (Wildman–Crippen LogP) is 2.51. The molecule has 1 aromatic carbocycles. The van der Waals surface area contributed by atoms with Gasteiger partial charge in [-0.15, -0.1) is 12.4 Å². The van der Waals surface area contributed by atoms with Crippen LogP contribution in [-0.4, -0.2) is 31.0 Å². The van der Waals surface area contributed by atoms with Crippen LogP contribution in [0.25, 0.3) is 11.0 Å². The summed E-state index contributed by atoms with van der Waals surface area (Å²) in [6.45, 7) is -0.0724. The second kappa shape index (κ2) is 6.62. The maximum atomic E-state index is 13.0. The van der Waals surface area contributed by atoms with E-state index in [0.29, 0.717) is 13.0 Å². The topological polar surface area (TPSA) is 54.3 Å². The second-order valence-corrected chi connectivity index (χ2v) is 5.29. The van der Waals surface area contributed by atoms with Crippen molar-refractivity contribution in [1.29, 1.82) is 0 Å². The molecule has 22 heavy (non-hydrogen) atoms. The molecule has 0 spiro atoms. The highest BCUT2D eigenvalue weighted by Gasteiger charge is 2.42. The van der Waals surface area contributed by atoms with E-state index in [1.165, 1.54) is 0 Å². The summed E-state index contributed by atoms with van der Waals surface area (Å²) in [6.07, 6.45) is 0.0903. The zero-order valence-electron chi connectivity index (χ0n) is 11.8. The summed E-state index contributed by atoms with van der Waals surface area (Å²) in [5.41, 5.74) is 0.802. The highest BCUT2D eigenvalue weighted by molar-refractivity contribution is 5.85. The van der Waals surface area contributed by atoms with Crippen molar-refractivity contribution in [3.63, 3.8) is 0 Å². The molecule has 1 unspecified atom stereocenters. The number of benzene rings is 1. The minimum Gasteiger partial charge on any atom is -0.461 e. The van der Waals surface area contributed by atoms with Crippen LogP contribution in [0.1, 0.15) is 12.2 Å². The summed E-state index contributed by atoms with van der Waals surface area (Å²) in [4.78, 5) is 11.8. The van der Waals surface area contributed by atoms with Gasteiger partial charge >= 0.3 is 0 Å². The molecule has 0 aliphatic carbocycles. The fourth-order valence-corrected chi connectivity index (χ4v) is 2.49. The van der Waals surface area contributed by atoms with Crippen LogP contribution in [-0.2, 0) is 11.2 Å². The van der Waals surface area contributed by atoms with Crippen LogP contribution in [0.4, 0.5) is 8.78 Å². The Morgan fingerprint density at radius 1 is 1.41 bits per heavy atom.